The molecule has 0 heterocycles. The first-order valence-electron chi connectivity index (χ1n) is 5.40. The van der Waals surface area contributed by atoms with Crippen LogP contribution in [0.5, 0.6) is 0 Å². The highest BCUT2D eigenvalue weighted by atomic mass is 28.4. The first-order chi connectivity index (χ1) is 5.71. The van der Waals surface area contributed by atoms with Crippen molar-refractivity contribution in [3.8, 4) is 0 Å². The molecular formula is C10H29FSi3. The van der Waals surface area contributed by atoms with Gasteiger partial charge in [0.25, 0.3) is 0 Å². The maximum Gasteiger partial charge on any atom is 0.237 e. The van der Waals surface area contributed by atoms with Crippen molar-refractivity contribution in [2.45, 2.75) is 64.6 Å². The van der Waals surface area contributed by atoms with E-state index in [9.17, 15) is 4.11 Å². The first-order valence-corrected chi connectivity index (χ1v) is 16.2. The van der Waals surface area contributed by atoms with Gasteiger partial charge in [0, 0.05) is 16.1 Å². The molecule has 0 N–H and O–H groups in total. The summed E-state index contributed by atoms with van der Waals surface area (Å²) in [6.45, 7) is 19.8. The Kier molecular flexibility index (Phi) is 6.80. The van der Waals surface area contributed by atoms with Crippen molar-refractivity contribution < 1.29 is 4.11 Å². The van der Waals surface area contributed by atoms with Crippen molar-refractivity contribution in [3.05, 3.63) is 0 Å². The molecule has 0 amide bonds. The van der Waals surface area contributed by atoms with Crippen LogP contribution in [0.4, 0.5) is 4.11 Å². The van der Waals surface area contributed by atoms with Crippen LogP contribution < -0.4 is 0 Å². The van der Waals surface area contributed by atoms with Crippen LogP contribution in [0.1, 0.15) is 0 Å². The average Bonchev–Trinajstić information content (AvgIpc) is 1.42. The zero-order valence-electron chi connectivity index (χ0n) is 11.6. The van der Waals surface area contributed by atoms with Gasteiger partial charge in [-0.1, -0.05) is 44.9 Å². The third kappa shape index (κ3) is 39.0. The molecule has 0 spiro atoms. The van der Waals surface area contributed by atoms with Crippen LogP contribution in [0.2, 0.25) is 64.6 Å². The highest BCUT2D eigenvalue weighted by Gasteiger charge is 2.23. The SMILES string of the molecule is C[Si](C)(C)C[Si](C)(C)C.C[Si](C)(C)F. The van der Waals surface area contributed by atoms with E-state index in [0.717, 1.165) is 0 Å². The summed E-state index contributed by atoms with van der Waals surface area (Å²) in [5.74, 6) is 0. The fraction of sp³-hybridized carbons (Fsp3) is 1.00. The van der Waals surface area contributed by atoms with Crippen molar-refractivity contribution >= 4 is 24.6 Å². The zero-order chi connectivity index (χ0) is 12.2. The molecule has 0 rings (SSSR count). The Morgan fingerprint density at radius 2 is 0.786 bits per heavy atom. The van der Waals surface area contributed by atoms with Crippen LogP contribution in [0.15, 0.2) is 0 Å². The van der Waals surface area contributed by atoms with Gasteiger partial charge in [-0.3, -0.25) is 0 Å². The molecule has 0 aromatic carbocycles. The number of rotatable bonds is 2. The van der Waals surface area contributed by atoms with Crippen LogP contribution >= 0.6 is 0 Å². The summed E-state index contributed by atoms with van der Waals surface area (Å²) in [5, 5.41) is 0. The Morgan fingerprint density at radius 1 is 0.643 bits per heavy atom. The van der Waals surface area contributed by atoms with E-state index in [-0.39, 0.29) is 0 Å². The third-order valence-corrected chi connectivity index (χ3v) is 9.55. The van der Waals surface area contributed by atoms with Gasteiger partial charge in [0.05, 0.1) is 0 Å². The molecule has 0 aromatic heterocycles. The lowest BCUT2D eigenvalue weighted by atomic mass is 11.7. The minimum absolute atomic E-state index is 0.731. The monoisotopic (exact) mass is 252 g/mol. The molecule has 0 saturated carbocycles. The molecule has 0 aliphatic carbocycles. The van der Waals surface area contributed by atoms with Gasteiger partial charge in [-0.2, -0.15) is 0 Å². The van der Waals surface area contributed by atoms with Crippen LogP contribution in [-0.4, -0.2) is 24.6 Å². The summed E-state index contributed by atoms with van der Waals surface area (Å²) in [5.41, 5.74) is 1.57. The lowest BCUT2D eigenvalue weighted by Crippen LogP contribution is -2.34. The first kappa shape index (κ1) is 17.0. The molecule has 0 atom stereocenters. The lowest BCUT2D eigenvalue weighted by Gasteiger charge is -2.25. The molecule has 0 nitrogen and oxygen atoms in total. The van der Waals surface area contributed by atoms with Crippen LogP contribution in [-0.2, 0) is 0 Å². The minimum atomic E-state index is -2.11. The van der Waals surface area contributed by atoms with E-state index in [1.54, 1.807) is 25.3 Å². The third-order valence-electron chi connectivity index (χ3n) is 1.06. The highest BCUT2D eigenvalue weighted by Crippen LogP contribution is 2.18. The minimum Gasteiger partial charge on any atom is -0.315 e. The van der Waals surface area contributed by atoms with Gasteiger partial charge in [-0.05, 0) is 19.6 Å². The summed E-state index contributed by atoms with van der Waals surface area (Å²) < 4.78 is 11.8. The molecule has 0 aliphatic heterocycles. The van der Waals surface area contributed by atoms with Crippen molar-refractivity contribution in [3.63, 3.8) is 0 Å². The second-order valence-corrected chi connectivity index (χ2v) is 23.2. The fourth-order valence-corrected chi connectivity index (χ4v) is 14.3. The van der Waals surface area contributed by atoms with Crippen LogP contribution in [0.25, 0.3) is 0 Å². The van der Waals surface area contributed by atoms with Crippen molar-refractivity contribution in [2.24, 2.45) is 0 Å². The number of hydrogen-bond donors (Lipinski definition) is 0. The van der Waals surface area contributed by atoms with Gasteiger partial charge >= 0.3 is 0 Å². The van der Waals surface area contributed by atoms with E-state index in [4.69, 9.17) is 0 Å². The smallest absolute Gasteiger partial charge is 0.237 e. The molecule has 88 valence electrons. The molecule has 0 aromatic rings. The van der Waals surface area contributed by atoms with E-state index in [1.165, 1.54) is 0 Å². The highest BCUT2D eigenvalue weighted by molar-refractivity contribution is 6.94. The maximum absolute atomic E-state index is 11.8. The molecule has 4 heteroatoms. The topological polar surface area (TPSA) is 0 Å². The quantitative estimate of drug-likeness (QED) is 0.480. The Morgan fingerprint density at radius 3 is 0.786 bits per heavy atom. The molecule has 0 aliphatic rings. The zero-order valence-corrected chi connectivity index (χ0v) is 14.6. The predicted molar refractivity (Wildman–Crippen MR) is 76.0 cm³/mol. The molecular weight excluding hydrogens is 223 g/mol. The average molecular weight is 253 g/mol. The molecule has 14 heavy (non-hydrogen) atoms. The normalized spacial score (nSPS) is 13.3. The van der Waals surface area contributed by atoms with E-state index in [2.05, 4.69) is 39.3 Å². The Balaban J connectivity index is 0. The van der Waals surface area contributed by atoms with Gasteiger partial charge in [-0.15, -0.1) is 0 Å². The summed E-state index contributed by atoms with van der Waals surface area (Å²) in [6.07, 6.45) is 0. The van der Waals surface area contributed by atoms with Gasteiger partial charge in [0.1, 0.15) is 0 Å². The standard InChI is InChI=1S/C7H20Si2.C3H9FSi/c1-8(2,3)7-9(4,5)6;1-5(2,3)4/h7H2,1-6H3;1-3H3. The Bertz CT molecular complexity index is 130. The Labute approximate surface area is 93.5 Å². The summed E-state index contributed by atoms with van der Waals surface area (Å²) in [7, 11) is -3.57. The van der Waals surface area contributed by atoms with E-state index in [0.29, 0.717) is 0 Å². The molecule has 0 radical (unpaired) electrons. The van der Waals surface area contributed by atoms with Gasteiger partial charge in [-0.25, -0.2) is 0 Å². The largest absolute Gasteiger partial charge is 0.315 e. The van der Waals surface area contributed by atoms with Crippen molar-refractivity contribution in [1.82, 2.24) is 0 Å². The summed E-state index contributed by atoms with van der Waals surface area (Å²) >= 11 is 0. The van der Waals surface area contributed by atoms with Gasteiger partial charge in [0.2, 0.25) is 8.41 Å². The predicted octanol–water partition coefficient (Wildman–Crippen LogP) is 4.99. The second kappa shape index (κ2) is 5.61. The summed E-state index contributed by atoms with van der Waals surface area (Å²) in [4.78, 5) is 0. The summed E-state index contributed by atoms with van der Waals surface area (Å²) in [6, 6.07) is 0. The van der Waals surface area contributed by atoms with Crippen LogP contribution in [0, 0.1) is 0 Å². The lowest BCUT2D eigenvalue weighted by molar-refractivity contribution is 0.811. The van der Waals surface area contributed by atoms with E-state index >= 15 is 0 Å². The number of halogens is 1. The van der Waals surface area contributed by atoms with Crippen molar-refractivity contribution in [1.29, 1.82) is 0 Å². The molecule has 0 unspecified atom stereocenters. The fourth-order valence-electron chi connectivity index (χ4n) is 1.59. The van der Waals surface area contributed by atoms with Gasteiger partial charge < -0.3 is 4.11 Å². The van der Waals surface area contributed by atoms with E-state index < -0.39 is 24.6 Å². The van der Waals surface area contributed by atoms with Crippen LogP contribution in [0.3, 0.4) is 0 Å². The maximum atomic E-state index is 11.8. The number of hydrogen-bond acceptors (Lipinski definition) is 0. The van der Waals surface area contributed by atoms with Crippen molar-refractivity contribution in [2.75, 3.05) is 0 Å². The Hall–Kier alpha value is 0.581. The molecule has 0 bridgehead atoms. The van der Waals surface area contributed by atoms with Gasteiger partial charge in [0.15, 0.2) is 0 Å². The van der Waals surface area contributed by atoms with E-state index in [1.807, 2.05) is 0 Å². The second-order valence-electron chi connectivity index (χ2n) is 7.37. The molecule has 0 fully saturated rings. The molecule has 0 saturated heterocycles.